The summed E-state index contributed by atoms with van der Waals surface area (Å²) >= 11 is 0. The third-order valence-electron chi connectivity index (χ3n) is 1.89. The Hall–Kier alpha value is -1.58. The maximum absolute atomic E-state index is 11.4. The van der Waals surface area contributed by atoms with Gasteiger partial charge in [0.1, 0.15) is 11.5 Å². The molecule has 0 aromatic carbocycles. The summed E-state index contributed by atoms with van der Waals surface area (Å²) in [5.41, 5.74) is 1.78. The fraction of sp³-hybridized carbons (Fsp3) is 0.400. The molecule has 0 unspecified atom stereocenters. The zero-order chi connectivity index (χ0) is 10.7. The second-order valence-corrected chi connectivity index (χ2v) is 3.23. The van der Waals surface area contributed by atoms with Crippen molar-refractivity contribution in [2.75, 3.05) is 0 Å². The molecule has 1 aromatic heterocycles. The van der Waals surface area contributed by atoms with E-state index in [1.807, 2.05) is 6.92 Å². The highest BCUT2D eigenvalue weighted by molar-refractivity contribution is 6.06. The van der Waals surface area contributed by atoms with E-state index in [1.165, 1.54) is 13.1 Å². The first-order valence-corrected chi connectivity index (χ1v) is 4.33. The van der Waals surface area contributed by atoms with Crippen molar-refractivity contribution in [3.63, 3.8) is 0 Å². The molecular weight excluding hydrogens is 180 g/mol. The van der Waals surface area contributed by atoms with Gasteiger partial charge in [-0.2, -0.15) is 0 Å². The van der Waals surface area contributed by atoms with Crippen LogP contribution in [0.3, 0.4) is 0 Å². The second-order valence-electron chi connectivity index (χ2n) is 3.23. The van der Waals surface area contributed by atoms with Gasteiger partial charge in [-0.15, -0.1) is 0 Å². The highest BCUT2D eigenvalue weighted by Gasteiger charge is 2.11. The van der Waals surface area contributed by atoms with Crippen molar-refractivity contribution in [1.29, 1.82) is 0 Å². The minimum atomic E-state index is -0.270. The maximum Gasteiger partial charge on any atom is 0.190 e. The van der Waals surface area contributed by atoms with E-state index in [9.17, 15) is 9.59 Å². The average Bonchev–Trinajstić information content (AvgIpc) is 2.08. The largest absolute Gasteiger partial charge is 0.300 e. The van der Waals surface area contributed by atoms with E-state index in [1.54, 1.807) is 6.92 Å². The van der Waals surface area contributed by atoms with Crippen LogP contribution >= 0.6 is 0 Å². The van der Waals surface area contributed by atoms with Crippen molar-refractivity contribution in [3.8, 4) is 0 Å². The minimum Gasteiger partial charge on any atom is -0.300 e. The molecule has 1 rings (SSSR count). The lowest BCUT2D eigenvalue weighted by Crippen LogP contribution is -2.09. The predicted molar refractivity (Wildman–Crippen MR) is 51.1 cm³/mol. The van der Waals surface area contributed by atoms with Gasteiger partial charge >= 0.3 is 0 Å². The number of hydrogen-bond acceptors (Lipinski definition) is 4. The number of carbonyl (C=O) groups is 2. The Balaban J connectivity index is 2.91. The molecule has 0 saturated carbocycles. The van der Waals surface area contributed by atoms with Crippen molar-refractivity contribution in [2.45, 2.75) is 27.2 Å². The second kappa shape index (κ2) is 4.09. The van der Waals surface area contributed by atoms with Crippen LogP contribution in [-0.4, -0.2) is 21.5 Å². The molecule has 1 heterocycles. The van der Waals surface area contributed by atoms with E-state index in [0.717, 1.165) is 11.4 Å². The number of rotatable bonds is 3. The van der Waals surface area contributed by atoms with Crippen molar-refractivity contribution >= 4 is 11.6 Å². The molecule has 0 fully saturated rings. The number of nitrogens with zero attached hydrogens (tertiary/aromatic N) is 2. The third kappa shape index (κ3) is 2.45. The summed E-state index contributed by atoms with van der Waals surface area (Å²) < 4.78 is 0. The summed E-state index contributed by atoms with van der Waals surface area (Å²) in [6, 6.07) is 0. The van der Waals surface area contributed by atoms with Crippen LogP contribution in [0.1, 0.15) is 35.2 Å². The van der Waals surface area contributed by atoms with Crippen LogP contribution < -0.4 is 0 Å². The first kappa shape index (κ1) is 10.5. The van der Waals surface area contributed by atoms with Crippen molar-refractivity contribution < 1.29 is 9.59 Å². The summed E-state index contributed by atoms with van der Waals surface area (Å²) in [5.74, 6) is -0.428. The molecule has 0 aliphatic rings. The van der Waals surface area contributed by atoms with Gasteiger partial charge in [0.05, 0.1) is 24.0 Å². The van der Waals surface area contributed by atoms with Crippen LogP contribution in [0, 0.1) is 13.8 Å². The Morgan fingerprint density at radius 1 is 1.29 bits per heavy atom. The molecule has 0 radical (unpaired) electrons. The van der Waals surface area contributed by atoms with Gasteiger partial charge in [-0.25, -0.2) is 4.98 Å². The summed E-state index contributed by atoms with van der Waals surface area (Å²) in [6.45, 7) is 4.99. The molecule has 0 spiro atoms. The van der Waals surface area contributed by atoms with E-state index in [2.05, 4.69) is 9.97 Å². The van der Waals surface area contributed by atoms with E-state index in [-0.39, 0.29) is 23.7 Å². The summed E-state index contributed by atoms with van der Waals surface area (Å²) in [7, 11) is 0. The molecule has 74 valence electrons. The molecule has 14 heavy (non-hydrogen) atoms. The Kier molecular flexibility index (Phi) is 3.06. The molecule has 0 aliphatic heterocycles. The van der Waals surface area contributed by atoms with Gasteiger partial charge in [0, 0.05) is 0 Å². The monoisotopic (exact) mass is 192 g/mol. The van der Waals surface area contributed by atoms with E-state index in [4.69, 9.17) is 0 Å². The lowest BCUT2D eigenvalue weighted by molar-refractivity contribution is -0.116. The lowest BCUT2D eigenvalue weighted by atomic mass is 10.1. The van der Waals surface area contributed by atoms with Crippen molar-refractivity contribution in [2.24, 2.45) is 0 Å². The molecular formula is C10H12N2O2. The Morgan fingerprint density at radius 3 is 2.43 bits per heavy atom. The molecule has 0 saturated heterocycles. The molecule has 0 amide bonds. The Morgan fingerprint density at radius 2 is 1.93 bits per heavy atom. The molecule has 1 aromatic rings. The standard InChI is InChI=1S/C10H12N2O2/c1-6(13)4-10(14)9-5-11-7(2)8(3)12-9/h5H,4H2,1-3H3. The highest BCUT2D eigenvalue weighted by Crippen LogP contribution is 2.03. The number of carbonyl (C=O) groups excluding carboxylic acids is 2. The van der Waals surface area contributed by atoms with Gasteiger partial charge in [-0.05, 0) is 20.8 Å². The van der Waals surface area contributed by atoms with Gasteiger partial charge < -0.3 is 0 Å². The van der Waals surface area contributed by atoms with Gasteiger partial charge in [0.25, 0.3) is 0 Å². The van der Waals surface area contributed by atoms with Gasteiger partial charge in [0.15, 0.2) is 5.78 Å². The average molecular weight is 192 g/mol. The SMILES string of the molecule is CC(=O)CC(=O)c1cnc(C)c(C)n1. The highest BCUT2D eigenvalue weighted by atomic mass is 16.1. The van der Waals surface area contributed by atoms with Crippen LogP contribution in [0.2, 0.25) is 0 Å². The molecule has 0 aliphatic carbocycles. The topological polar surface area (TPSA) is 59.9 Å². The fourth-order valence-electron chi connectivity index (χ4n) is 0.993. The Bertz CT molecular complexity index is 386. The van der Waals surface area contributed by atoms with E-state index >= 15 is 0 Å². The van der Waals surface area contributed by atoms with Crippen LogP contribution in [0.4, 0.5) is 0 Å². The number of ketones is 2. The van der Waals surface area contributed by atoms with Crippen LogP contribution in [-0.2, 0) is 4.79 Å². The molecule has 4 heteroatoms. The number of aryl methyl sites for hydroxylation is 2. The predicted octanol–water partition coefficient (Wildman–Crippen LogP) is 1.26. The number of aromatic nitrogens is 2. The zero-order valence-electron chi connectivity index (χ0n) is 8.50. The molecule has 0 bridgehead atoms. The maximum atomic E-state index is 11.4. The molecule has 0 N–H and O–H groups in total. The van der Waals surface area contributed by atoms with Crippen molar-refractivity contribution in [3.05, 3.63) is 23.3 Å². The smallest absolute Gasteiger partial charge is 0.190 e. The first-order valence-electron chi connectivity index (χ1n) is 4.33. The zero-order valence-corrected chi connectivity index (χ0v) is 8.50. The summed E-state index contributed by atoms with van der Waals surface area (Å²) in [4.78, 5) is 30.2. The third-order valence-corrected chi connectivity index (χ3v) is 1.89. The van der Waals surface area contributed by atoms with Gasteiger partial charge in [0.2, 0.25) is 0 Å². The Labute approximate surface area is 82.4 Å². The number of hydrogen-bond donors (Lipinski definition) is 0. The fourth-order valence-corrected chi connectivity index (χ4v) is 0.993. The van der Waals surface area contributed by atoms with Crippen molar-refractivity contribution in [1.82, 2.24) is 9.97 Å². The quantitative estimate of drug-likeness (QED) is 0.534. The molecule has 0 atom stereocenters. The van der Waals surface area contributed by atoms with E-state index in [0.29, 0.717) is 0 Å². The number of Topliss-reactive ketones (excluding diaryl/α,β-unsaturated/α-hetero) is 2. The van der Waals surface area contributed by atoms with Crippen LogP contribution in [0.5, 0.6) is 0 Å². The lowest BCUT2D eigenvalue weighted by Gasteiger charge is -2.01. The van der Waals surface area contributed by atoms with Gasteiger partial charge in [-0.3, -0.25) is 14.6 Å². The summed E-state index contributed by atoms with van der Waals surface area (Å²) in [6.07, 6.45) is 1.31. The van der Waals surface area contributed by atoms with Crippen LogP contribution in [0.15, 0.2) is 6.20 Å². The minimum absolute atomic E-state index is 0.100. The van der Waals surface area contributed by atoms with Gasteiger partial charge in [-0.1, -0.05) is 0 Å². The van der Waals surface area contributed by atoms with E-state index < -0.39 is 0 Å². The normalized spacial score (nSPS) is 9.93. The molecule has 4 nitrogen and oxygen atoms in total. The van der Waals surface area contributed by atoms with Crippen LogP contribution in [0.25, 0.3) is 0 Å². The first-order chi connectivity index (χ1) is 6.50. The summed E-state index contributed by atoms with van der Waals surface area (Å²) in [5, 5.41) is 0.